The molecule has 2 N–H and O–H groups in total. The molecule has 2 heterocycles. The number of hydrogen-bond donors (Lipinski definition) is 2. The first-order valence-electron chi connectivity index (χ1n) is 8.70. The molecule has 0 spiro atoms. The third kappa shape index (κ3) is 5.26. The van der Waals surface area contributed by atoms with E-state index in [1.165, 1.54) is 13.0 Å². The van der Waals surface area contributed by atoms with Gasteiger partial charge in [0, 0.05) is 17.5 Å². The van der Waals surface area contributed by atoms with E-state index in [4.69, 9.17) is 0 Å². The van der Waals surface area contributed by atoms with E-state index in [0.29, 0.717) is 13.0 Å². The fourth-order valence-electron chi connectivity index (χ4n) is 2.58. The van der Waals surface area contributed by atoms with Crippen LogP contribution < -0.4 is 10.0 Å². The molecule has 28 heavy (non-hydrogen) atoms. The molecule has 1 unspecified atom stereocenters. The van der Waals surface area contributed by atoms with Crippen molar-refractivity contribution in [1.82, 2.24) is 15.0 Å². The summed E-state index contributed by atoms with van der Waals surface area (Å²) >= 11 is 2.73. The molecule has 3 aromatic rings. The quantitative estimate of drug-likeness (QED) is 0.569. The number of thiophene rings is 1. The zero-order chi connectivity index (χ0) is 20.1. The zero-order valence-corrected chi connectivity index (χ0v) is 18.0. The normalized spacial score (nSPS) is 12.6. The molecule has 6 nitrogen and oxygen atoms in total. The lowest BCUT2D eigenvalue weighted by Gasteiger charge is -2.13. The largest absolute Gasteiger partial charge is 0.354 e. The highest BCUT2D eigenvalue weighted by Crippen LogP contribution is 2.22. The lowest BCUT2D eigenvalue weighted by molar-refractivity contribution is -0.122. The van der Waals surface area contributed by atoms with E-state index in [1.54, 1.807) is 22.8 Å². The number of carbonyl (C=O) groups is 1. The number of rotatable bonds is 8. The summed E-state index contributed by atoms with van der Waals surface area (Å²) in [6.45, 7) is 3.94. The van der Waals surface area contributed by atoms with Gasteiger partial charge in [-0.1, -0.05) is 30.3 Å². The van der Waals surface area contributed by atoms with Crippen LogP contribution in [0.5, 0.6) is 0 Å². The number of sulfonamides is 1. The molecule has 0 saturated carbocycles. The van der Waals surface area contributed by atoms with Crippen LogP contribution in [0.25, 0.3) is 11.3 Å². The maximum Gasteiger partial charge on any atom is 0.250 e. The summed E-state index contributed by atoms with van der Waals surface area (Å²) in [4.78, 5) is 16.6. The van der Waals surface area contributed by atoms with Crippen LogP contribution in [0.15, 0.2) is 51.4 Å². The maximum absolute atomic E-state index is 12.2. The minimum atomic E-state index is -3.67. The monoisotopic (exact) mass is 435 g/mol. The molecule has 0 saturated heterocycles. The van der Waals surface area contributed by atoms with Crippen LogP contribution in [0.3, 0.4) is 0 Å². The van der Waals surface area contributed by atoms with E-state index >= 15 is 0 Å². The first kappa shape index (κ1) is 20.7. The van der Waals surface area contributed by atoms with Gasteiger partial charge in [-0.15, -0.1) is 22.7 Å². The molecular weight excluding hydrogens is 414 g/mol. The molecule has 0 aliphatic carbocycles. The molecule has 1 amide bonds. The molecular formula is C19H21N3O3S3. The average Bonchev–Trinajstić information content (AvgIpc) is 3.34. The zero-order valence-electron chi connectivity index (χ0n) is 15.5. The fourth-order valence-corrected chi connectivity index (χ4v) is 5.42. The third-order valence-corrected chi connectivity index (χ3v) is 7.78. The molecule has 3 rings (SSSR count). The number of nitrogens with zero attached hydrogens (tertiary/aromatic N) is 1. The molecule has 0 bridgehead atoms. The molecule has 0 aliphatic heterocycles. The second-order valence-electron chi connectivity index (χ2n) is 6.26. The van der Waals surface area contributed by atoms with Crippen molar-refractivity contribution in [2.45, 2.75) is 30.5 Å². The van der Waals surface area contributed by atoms with Gasteiger partial charge in [0.05, 0.1) is 16.7 Å². The SMILES string of the molecule is Cc1nc(-c2ccc(CCNC(=O)C(C)NS(=O)(=O)c3cccs3)cc2)cs1. The van der Waals surface area contributed by atoms with Crippen LogP contribution in [-0.4, -0.2) is 31.9 Å². The first-order valence-corrected chi connectivity index (χ1v) is 11.9. The summed E-state index contributed by atoms with van der Waals surface area (Å²) in [5, 5.41) is 7.52. The van der Waals surface area contributed by atoms with Gasteiger partial charge in [-0.05, 0) is 37.3 Å². The molecule has 1 aromatic carbocycles. The number of benzene rings is 1. The van der Waals surface area contributed by atoms with Crippen LogP contribution in [0.2, 0.25) is 0 Å². The summed E-state index contributed by atoms with van der Waals surface area (Å²) in [6.07, 6.45) is 0.659. The average molecular weight is 436 g/mol. The van der Waals surface area contributed by atoms with Crippen molar-refractivity contribution in [2.75, 3.05) is 6.54 Å². The topological polar surface area (TPSA) is 88.2 Å². The first-order chi connectivity index (χ1) is 13.3. The Morgan fingerprint density at radius 1 is 1.18 bits per heavy atom. The van der Waals surface area contributed by atoms with Crippen molar-refractivity contribution in [3.8, 4) is 11.3 Å². The standard InChI is InChI=1S/C19H21N3O3S3/c1-13(22-28(24,25)18-4-3-11-26-18)19(23)20-10-9-15-5-7-16(8-6-15)17-12-27-14(2)21-17/h3-8,11-13,22H,9-10H2,1-2H3,(H,20,23). The number of hydrogen-bond acceptors (Lipinski definition) is 6. The number of aryl methyl sites for hydroxylation is 1. The van der Waals surface area contributed by atoms with Gasteiger partial charge in [-0.2, -0.15) is 4.72 Å². The van der Waals surface area contributed by atoms with Crippen molar-refractivity contribution in [3.63, 3.8) is 0 Å². The summed E-state index contributed by atoms with van der Waals surface area (Å²) < 4.78 is 26.9. The molecule has 1 atom stereocenters. The van der Waals surface area contributed by atoms with E-state index in [0.717, 1.165) is 33.2 Å². The van der Waals surface area contributed by atoms with Gasteiger partial charge >= 0.3 is 0 Å². The minimum absolute atomic E-state index is 0.197. The predicted molar refractivity (Wildman–Crippen MR) is 113 cm³/mol. The Labute approximate surface area is 172 Å². The molecule has 9 heteroatoms. The van der Waals surface area contributed by atoms with E-state index in [9.17, 15) is 13.2 Å². The molecule has 2 aromatic heterocycles. The minimum Gasteiger partial charge on any atom is -0.354 e. The Balaban J connectivity index is 1.48. The van der Waals surface area contributed by atoms with Crippen LogP contribution >= 0.6 is 22.7 Å². The highest BCUT2D eigenvalue weighted by molar-refractivity contribution is 7.91. The summed E-state index contributed by atoms with van der Waals surface area (Å²) in [6, 6.07) is 10.4. The van der Waals surface area contributed by atoms with Gasteiger partial charge in [0.1, 0.15) is 4.21 Å². The van der Waals surface area contributed by atoms with E-state index < -0.39 is 16.1 Å². The van der Waals surface area contributed by atoms with Gasteiger partial charge in [0.15, 0.2) is 0 Å². The number of aromatic nitrogens is 1. The lowest BCUT2D eigenvalue weighted by atomic mass is 10.1. The van der Waals surface area contributed by atoms with Crippen LogP contribution in [0.4, 0.5) is 0 Å². The molecule has 0 radical (unpaired) electrons. The Bertz CT molecular complexity index is 1030. The van der Waals surface area contributed by atoms with E-state index in [1.807, 2.05) is 36.6 Å². The smallest absolute Gasteiger partial charge is 0.250 e. The number of nitrogens with one attached hydrogen (secondary N) is 2. The van der Waals surface area contributed by atoms with Crippen molar-refractivity contribution < 1.29 is 13.2 Å². The van der Waals surface area contributed by atoms with Crippen LogP contribution in [-0.2, 0) is 21.2 Å². The van der Waals surface area contributed by atoms with Crippen molar-refractivity contribution in [3.05, 3.63) is 57.7 Å². The lowest BCUT2D eigenvalue weighted by Crippen LogP contribution is -2.45. The molecule has 148 valence electrons. The van der Waals surface area contributed by atoms with Gasteiger partial charge in [-0.25, -0.2) is 13.4 Å². The maximum atomic E-state index is 12.2. The number of thiazole rings is 1. The summed E-state index contributed by atoms with van der Waals surface area (Å²) in [5.74, 6) is -0.352. The second-order valence-corrected chi connectivity index (χ2v) is 10.2. The third-order valence-electron chi connectivity index (χ3n) is 4.07. The Morgan fingerprint density at radius 3 is 2.54 bits per heavy atom. The molecule has 0 aliphatic rings. The highest BCUT2D eigenvalue weighted by Gasteiger charge is 2.22. The van der Waals surface area contributed by atoms with Gasteiger partial charge in [0.2, 0.25) is 5.91 Å². The summed E-state index contributed by atoms with van der Waals surface area (Å²) in [5.41, 5.74) is 3.12. The van der Waals surface area contributed by atoms with Gasteiger partial charge in [0.25, 0.3) is 10.0 Å². The highest BCUT2D eigenvalue weighted by atomic mass is 32.2. The predicted octanol–water partition coefficient (Wildman–Crippen LogP) is 3.21. The Hall–Kier alpha value is -2.07. The van der Waals surface area contributed by atoms with Gasteiger partial charge in [-0.3, -0.25) is 4.79 Å². The Morgan fingerprint density at radius 2 is 1.93 bits per heavy atom. The fraction of sp³-hybridized carbons (Fsp3) is 0.263. The Kier molecular flexibility index (Phi) is 6.61. The van der Waals surface area contributed by atoms with Crippen LogP contribution in [0.1, 0.15) is 17.5 Å². The second kappa shape index (κ2) is 8.95. The van der Waals surface area contributed by atoms with Crippen molar-refractivity contribution in [2.24, 2.45) is 0 Å². The van der Waals surface area contributed by atoms with E-state index in [2.05, 4.69) is 15.0 Å². The number of carbonyl (C=O) groups excluding carboxylic acids is 1. The van der Waals surface area contributed by atoms with Gasteiger partial charge < -0.3 is 5.32 Å². The van der Waals surface area contributed by atoms with Crippen molar-refractivity contribution in [1.29, 1.82) is 0 Å². The van der Waals surface area contributed by atoms with Crippen molar-refractivity contribution >= 4 is 38.6 Å². The summed E-state index contributed by atoms with van der Waals surface area (Å²) in [7, 11) is -3.67. The van der Waals surface area contributed by atoms with E-state index in [-0.39, 0.29) is 10.1 Å². The molecule has 0 fully saturated rings. The van der Waals surface area contributed by atoms with Crippen LogP contribution in [0, 0.1) is 6.92 Å². The number of amides is 1.